The molecule has 10 heavy (non-hydrogen) atoms. The lowest BCUT2D eigenvalue weighted by atomic mass is 10.2. The first-order chi connectivity index (χ1) is 4.61. The van der Waals surface area contributed by atoms with Gasteiger partial charge in [0.25, 0.3) is 6.20 Å². The first-order valence-electron chi connectivity index (χ1n) is 2.89. The van der Waals surface area contributed by atoms with Crippen LogP contribution in [-0.4, -0.2) is 0 Å². The number of hydrogen-bond donors (Lipinski definition) is 0. The molecular formula is C7H7INO. The van der Waals surface area contributed by atoms with Crippen molar-refractivity contribution >= 4 is 22.6 Å². The summed E-state index contributed by atoms with van der Waals surface area (Å²) in [5, 5.41) is 10.7. The van der Waals surface area contributed by atoms with Gasteiger partial charge in [-0.15, -0.1) is 0 Å². The molecule has 1 heterocycles. The van der Waals surface area contributed by atoms with E-state index in [2.05, 4.69) is 28.8 Å². The largest absolute Gasteiger partial charge is 0.618 e. The average molecular weight is 248 g/mol. The molecule has 0 aliphatic carbocycles. The van der Waals surface area contributed by atoms with Crippen LogP contribution in [0.3, 0.4) is 0 Å². The van der Waals surface area contributed by atoms with Crippen LogP contribution in [0.25, 0.3) is 0 Å². The van der Waals surface area contributed by atoms with E-state index in [1.807, 2.05) is 13.8 Å². The molecule has 0 aliphatic rings. The SMILES string of the molecule is Cc1[c][n+]([O-])cc(C)c1I. The molecule has 2 nitrogen and oxygen atoms in total. The maximum atomic E-state index is 10.7. The number of nitrogens with zero attached hydrogens (tertiary/aromatic N) is 1. The van der Waals surface area contributed by atoms with E-state index < -0.39 is 0 Å². The Labute approximate surface area is 73.6 Å². The highest BCUT2D eigenvalue weighted by molar-refractivity contribution is 14.1. The number of aromatic nitrogens is 1. The highest BCUT2D eigenvalue weighted by atomic mass is 127. The van der Waals surface area contributed by atoms with Gasteiger partial charge in [0.05, 0.1) is 0 Å². The van der Waals surface area contributed by atoms with Crippen LogP contribution in [-0.2, 0) is 0 Å². The third-order valence-corrected chi connectivity index (χ3v) is 2.92. The van der Waals surface area contributed by atoms with Crippen LogP contribution in [0.5, 0.6) is 0 Å². The van der Waals surface area contributed by atoms with E-state index in [4.69, 9.17) is 0 Å². The fourth-order valence-electron chi connectivity index (χ4n) is 0.775. The van der Waals surface area contributed by atoms with Gasteiger partial charge in [-0.1, -0.05) is 0 Å². The predicted molar refractivity (Wildman–Crippen MR) is 46.4 cm³/mol. The standard InChI is InChI=1S/C7H7INO/c1-5-3-9(10)4-6(2)7(5)8/h3H,1-2H3. The molecule has 1 rings (SSSR count). The third-order valence-electron chi connectivity index (χ3n) is 1.26. The molecule has 0 saturated carbocycles. The Morgan fingerprint density at radius 1 is 1.60 bits per heavy atom. The summed E-state index contributed by atoms with van der Waals surface area (Å²) in [7, 11) is 0. The van der Waals surface area contributed by atoms with Gasteiger partial charge in [-0.2, -0.15) is 4.73 Å². The van der Waals surface area contributed by atoms with Crippen LogP contribution in [0.4, 0.5) is 0 Å². The number of rotatable bonds is 0. The van der Waals surface area contributed by atoms with Crippen molar-refractivity contribution in [1.82, 2.24) is 0 Å². The van der Waals surface area contributed by atoms with E-state index in [0.29, 0.717) is 4.73 Å². The molecule has 0 spiro atoms. The number of halogens is 1. The number of hydrogen-bond acceptors (Lipinski definition) is 1. The molecule has 53 valence electrons. The Hall–Kier alpha value is -0.320. The molecule has 0 aromatic carbocycles. The van der Waals surface area contributed by atoms with Crippen molar-refractivity contribution in [3.63, 3.8) is 0 Å². The molecule has 0 aliphatic heterocycles. The minimum atomic E-state index is 0.715. The Balaban J connectivity index is 3.31. The van der Waals surface area contributed by atoms with Gasteiger partial charge in [0.15, 0.2) is 6.20 Å². The van der Waals surface area contributed by atoms with E-state index in [0.717, 1.165) is 14.7 Å². The zero-order chi connectivity index (χ0) is 7.72. The van der Waals surface area contributed by atoms with Gasteiger partial charge in [-0.05, 0) is 36.4 Å². The summed E-state index contributed by atoms with van der Waals surface area (Å²) in [5.41, 5.74) is 1.92. The van der Waals surface area contributed by atoms with Crippen LogP contribution < -0.4 is 4.73 Å². The predicted octanol–water partition coefficient (Wildman–Crippen LogP) is 1.34. The van der Waals surface area contributed by atoms with Crippen LogP contribution in [0, 0.1) is 28.8 Å². The molecule has 1 radical (unpaired) electrons. The molecule has 0 bridgehead atoms. The van der Waals surface area contributed by atoms with E-state index >= 15 is 0 Å². The number of aryl methyl sites for hydroxylation is 2. The summed E-state index contributed by atoms with van der Waals surface area (Å²) in [6.45, 7) is 3.79. The second-order valence-corrected chi connectivity index (χ2v) is 3.27. The Morgan fingerprint density at radius 3 is 2.70 bits per heavy atom. The molecule has 0 unspecified atom stereocenters. The van der Waals surface area contributed by atoms with Crippen molar-refractivity contribution in [2.75, 3.05) is 0 Å². The maximum absolute atomic E-state index is 10.7. The van der Waals surface area contributed by atoms with Gasteiger partial charge in [0.2, 0.25) is 0 Å². The van der Waals surface area contributed by atoms with Crippen molar-refractivity contribution in [2.24, 2.45) is 0 Å². The summed E-state index contributed by atoms with van der Waals surface area (Å²) in [6.07, 6.45) is 4.16. The zero-order valence-electron chi connectivity index (χ0n) is 5.81. The normalized spacial score (nSPS) is 9.90. The van der Waals surface area contributed by atoms with Gasteiger partial charge in [0.1, 0.15) is 0 Å². The lowest BCUT2D eigenvalue weighted by Crippen LogP contribution is -2.27. The smallest absolute Gasteiger partial charge is 0.294 e. The maximum Gasteiger partial charge on any atom is 0.294 e. The van der Waals surface area contributed by atoms with Crippen LogP contribution >= 0.6 is 22.6 Å². The minimum Gasteiger partial charge on any atom is -0.618 e. The van der Waals surface area contributed by atoms with Gasteiger partial charge < -0.3 is 5.21 Å². The highest BCUT2D eigenvalue weighted by Gasteiger charge is 2.04. The van der Waals surface area contributed by atoms with Crippen LogP contribution in [0.1, 0.15) is 11.1 Å². The highest BCUT2D eigenvalue weighted by Crippen LogP contribution is 2.11. The zero-order valence-corrected chi connectivity index (χ0v) is 7.97. The number of pyridine rings is 1. The van der Waals surface area contributed by atoms with E-state index in [-0.39, 0.29) is 0 Å². The summed E-state index contributed by atoms with van der Waals surface area (Å²) < 4.78 is 1.83. The lowest BCUT2D eigenvalue weighted by molar-refractivity contribution is -0.610. The first kappa shape index (κ1) is 7.78. The second-order valence-electron chi connectivity index (χ2n) is 2.19. The fraction of sp³-hybridized carbons (Fsp3) is 0.286. The van der Waals surface area contributed by atoms with Crippen LogP contribution in [0.2, 0.25) is 0 Å². The van der Waals surface area contributed by atoms with Gasteiger partial charge in [-0.3, -0.25) is 0 Å². The van der Waals surface area contributed by atoms with Crippen molar-refractivity contribution in [3.8, 4) is 0 Å². The third kappa shape index (κ3) is 1.39. The molecule has 1 aromatic heterocycles. The summed E-state index contributed by atoms with van der Waals surface area (Å²) in [4.78, 5) is 0. The van der Waals surface area contributed by atoms with Crippen molar-refractivity contribution in [1.29, 1.82) is 0 Å². The lowest BCUT2D eigenvalue weighted by Gasteiger charge is -2.00. The molecule has 0 saturated heterocycles. The Kier molecular flexibility index (Phi) is 2.13. The van der Waals surface area contributed by atoms with Crippen LogP contribution in [0.15, 0.2) is 6.20 Å². The Bertz CT molecular complexity index is 237. The van der Waals surface area contributed by atoms with Gasteiger partial charge in [0, 0.05) is 14.7 Å². The molecule has 0 amide bonds. The average Bonchev–Trinajstić information content (AvgIpc) is 1.82. The monoisotopic (exact) mass is 248 g/mol. The minimum absolute atomic E-state index is 0.715. The Morgan fingerprint density at radius 2 is 2.20 bits per heavy atom. The van der Waals surface area contributed by atoms with Gasteiger partial charge >= 0.3 is 0 Å². The second kappa shape index (κ2) is 2.74. The molecule has 0 N–H and O–H groups in total. The quantitative estimate of drug-likeness (QED) is 0.386. The van der Waals surface area contributed by atoms with Crippen molar-refractivity contribution < 1.29 is 4.73 Å². The van der Waals surface area contributed by atoms with E-state index in [1.165, 1.54) is 6.20 Å². The van der Waals surface area contributed by atoms with Crippen molar-refractivity contribution in [3.05, 3.63) is 32.3 Å². The molecule has 1 aromatic rings. The summed E-state index contributed by atoms with van der Waals surface area (Å²) in [6, 6.07) is 0. The molecule has 0 atom stereocenters. The van der Waals surface area contributed by atoms with E-state index in [9.17, 15) is 5.21 Å². The first-order valence-corrected chi connectivity index (χ1v) is 3.97. The summed E-state index contributed by atoms with van der Waals surface area (Å²) >= 11 is 2.20. The van der Waals surface area contributed by atoms with Crippen molar-refractivity contribution in [2.45, 2.75) is 13.8 Å². The van der Waals surface area contributed by atoms with E-state index in [1.54, 1.807) is 0 Å². The molecule has 0 fully saturated rings. The molecular weight excluding hydrogens is 241 g/mol. The van der Waals surface area contributed by atoms with Gasteiger partial charge in [-0.25, -0.2) is 0 Å². The summed E-state index contributed by atoms with van der Waals surface area (Å²) in [5.74, 6) is 0. The molecule has 3 heteroatoms. The fourth-order valence-corrected chi connectivity index (χ4v) is 1.03. The topological polar surface area (TPSA) is 26.9 Å².